The van der Waals surface area contributed by atoms with Gasteiger partial charge in [-0.15, -0.1) is 11.3 Å². The fraction of sp³-hybridized carbons (Fsp3) is 0.368. The molecule has 25 heavy (non-hydrogen) atoms. The van der Waals surface area contributed by atoms with E-state index in [-0.39, 0.29) is 17.8 Å². The van der Waals surface area contributed by atoms with Gasteiger partial charge in [-0.3, -0.25) is 0 Å². The van der Waals surface area contributed by atoms with Crippen molar-refractivity contribution in [2.75, 3.05) is 24.6 Å². The number of nitrogens with zero attached hydrogens (tertiary/aromatic N) is 3. The van der Waals surface area contributed by atoms with Crippen LogP contribution in [0.15, 0.2) is 36.0 Å². The Morgan fingerprint density at radius 2 is 2.08 bits per heavy atom. The summed E-state index contributed by atoms with van der Waals surface area (Å²) in [5.41, 5.74) is 3.01. The monoisotopic (exact) mass is 357 g/mol. The summed E-state index contributed by atoms with van der Waals surface area (Å²) in [6.45, 7) is 3.76. The zero-order valence-electron chi connectivity index (χ0n) is 14.1. The predicted octanol–water partition coefficient (Wildman–Crippen LogP) is 3.57. The molecule has 1 unspecified atom stereocenters. The van der Waals surface area contributed by atoms with Gasteiger partial charge in [0.05, 0.1) is 16.8 Å². The number of anilines is 1. The number of aromatic nitrogens is 2. The predicted molar refractivity (Wildman–Crippen MR) is 98.6 cm³/mol. The van der Waals surface area contributed by atoms with E-state index in [4.69, 9.17) is 0 Å². The van der Waals surface area contributed by atoms with Crippen LogP contribution >= 0.6 is 11.3 Å². The van der Waals surface area contributed by atoms with E-state index in [1.807, 2.05) is 0 Å². The molecule has 0 amide bonds. The van der Waals surface area contributed by atoms with Crippen LogP contribution in [0.2, 0.25) is 0 Å². The fourth-order valence-corrected chi connectivity index (χ4v) is 4.68. The first-order valence-corrected chi connectivity index (χ1v) is 9.27. The van der Waals surface area contributed by atoms with Gasteiger partial charge < -0.3 is 10.0 Å². The highest BCUT2D eigenvalue weighted by molar-refractivity contribution is 7.18. The zero-order valence-corrected chi connectivity index (χ0v) is 14.9. The molecule has 1 atom stereocenters. The van der Waals surface area contributed by atoms with Gasteiger partial charge in [0.25, 0.3) is 0 Å². The van der Waals surface area contributed by atoms with Crippen LogP contribution in [0.1, 0.15) is 17.5 Å². The maximum absolute atomic E-state index is 13.1. The number of hydrogen-bond donors (Lipinski definition) is 1. The summed E-state index contributed by atoms with van der Waals surface area (Å²) < 4.78 is 14.2. The van der Waals surface area contributed by atoms with Crippen molar-refractivity contribution in [3.05, 3.63) is 52.9 Å². The minimum absolute atomic E-state index is 0.110. The molecular formula is C19H20FN3OS. The summed E-state index contributed by atoms with van der Waals surface area (Å²) in [7, 11) is 0. The van der Waals surface area contributed by atoms with Crippen LogP contribution < -0.4 is 4.90 Å². The van der Waals surface area contributed by atoms with Crippen LogP contribution in [-0.4, -0.2) is 34.8 Å². The van der Waals surface area contributed by atoms with Crippen molar-refractivity contribution in [1.82, 2.24) is 9.97 Å². The lowest BCUT2D eigenvalue weighted by molar-refractivity contribution is 0.144. The van der Waals surface area contributed by atoms with E-state index < -0.39 is 0 Å². The minimum atomic E-state index is -0.230. The van der Waals surface area contributed by atoms with Crippen LogP contribution in [0, 0.1) is 18.2 Å². The van der Waals surface area contributed by atoms with Gasteiger partial charge in [0.1, 0.15) is 18.0 Å². The molecule has 1 N–H and O–H groups in total. The number of benzene rings is 1. The number of fused-ring (bicyclic) bond motifs is 1. The molecule has 6 heteroatoms. The largest absolute Gasteiger partial charge is 0.396 e. The average molecular weight is 357 g/mol. The SMILES string of the molecule is Cc1csc2c(N3CCC(CO)(Cc4ccc(F)cc4)C3)ncnc12. The van der Waals surface area contributed by atoms with Gasteiger partial charge in [-0.1, -0.05) is 12.1 Å². The number of aryl methyl sites for hydroxylation is 1. The summed E-state index contributed by atoms with van der Waals surface area (Å²) in [6, 6.07) is 6.58. The molecular weight excluding hydrogens is 337 g/mol. The third-order valence-corrected chi connectivity index (χ3v) is 6.16. The summed E-state index contributed by atoms with van der Waals surface area (Å²) in [4.78, 5) is 11.2. The maximum atomic E-state index is 13.1. The number of aliphatic hydroxyl groups is 1. The molecule has 1 fully saturated rings. The van der Waals surface area contributed by atoms with Crippen molar-refractivity contribution in [2.24, 2.45) is 5.41 Å². The highest BCUT2D eigenvalue weighted by Crippen LogP contribution is 2.39. The van der Waals surface area contributed by atoms with E-state index in [9.17, 15) is 9.50 Å². The number of rotatable bonds is 4. The van der Waals surface area contributed by atoms with Gasteiger partial charge in [-0.25, -0.2) is 14.4 Å². The zero-order chi connectivity index (χ0) is 17.4. The highest BCUT2D eigenvalue weighted by Gasteiger charge is 2.39. The highest BCUT2D eigenvalue weighted by atomic mass is 32.1. The molecule has 1 aromatic carbocycles. The second-order valence-electron chi connectivity index (χ2n) is 6.93. The second kappa shape index (κ2) is 6.35. The van der Waals surface area contributed by atoms with Crippen molar-refractivity contribution in [2.45, 2.75) is 19.8 Å². The Bertz CT molecular complexity index is 895. The Hall–Kier alpha value is -2.05. The third-order valence-electron chi connectivity index (χ3n) is 5.08. The van der Waals surface area contributed by atoms with Crippen LogP contribution in [0.25, 0.3) is 10.2 Å². The number of hydrogen-bond acceptors (Lipinski definition) is 5. The number of thiophene rings is 1. The molecule has 0 saturated carbocycles. The standard InChI is InChI=1S/C19H20FN3OS/c1-13-9-25-17-16(13)21-12-22-18(17)23-7-6-19(10-23,11-24)8-14-2-4-15(20)5-3-14/h2-5,9,12,24H,6-8,10-11H2,1H3. The molecule has 3 heterocycles. The summed E-state index contributed by atoms with van der Waals surface area (Å²) in [6.07, 6.45) is 3.24. The van der Waals surface area contributed by atoms with E-state index in [0.29, 0.717) is 0 Å². The van der Waals surface area contributed by atoms with Crippen LogP contribution in [0.3, 0.4) is 0 Å². The number of halogens is 1. The first-order chi connectivity index (χ1) is 12.1. The van der Waals surface area contributed by atoms with Crippen molar-refractivity contribution >= 4 is 27.4 Å². The lowest BCUT2D eigenvalue weighted by Crippen LogP contribution is -2.33. The lowest BCUT2D eigenvalue weighted by atomic mass is 9.81. The molecule has 1 aliphatic rings. The van der Waals surface area contributed by atoms with Crippen molar-refractivity contribution in [1.29, 1.82) is 0 Å². The summed E-state index contributed by atoms with van der Waals surface area (Å²) in [5, 5.41) is 12.2. The van der Waals surface area contributed by atoms with E-state index in [0.717, 1.165) is 47.5 Å². The molecule has 1 aliphatic heterocycles. The molecule has 4 rings (SSSR count). The van der Waals surface area contributed by atoms with E-state index in [1.54, 1.807) is 29.8 Å². The summed E-state index contributed by atoms with van der Waals surface area (Å²) >= 11 is 1.67. The molecule has 130 valence electrons. The Labute approximate surface area is 150 Å². The first-order valence-electron chi connectivity index (χ1n) is 8.39. The van der Waals surface area contributed by atoms with Crippen LogP contribution in [0.5, 0.6) is 0 Å². The average Bonchev–Trinajstić information content (AvgIpc) is 3.22. The van der Waals surface area contributed by atoms with Crippen molar-refractivity contribution in [3.8, 4) is 0 Å². The van der Waals surface area contributed by atoms with Crippen LogP contribution in [0.4, 0.5) is 10.2 Å². The van der Waals surface area contributed by atoms with E-state index >= 15 is 0 Å². The van der Waals surface area contributed by atoms with E-state index in [1.165, 1.54) is 17.7 Å². The van der Waals surface area contributed by atoms with E-state index in [2.05, 4.69) is 27.2 Å². The first kappa shape index (κ1) is 16.4. The van der Waals surface area contributed by atoms with Gasteiger partial charge in [0.15, 0.2) is 0 Å². The van der Waals surface area contributed by atoms with Gasteiger partial charge in [0, 0.05) is 18.5 Å². The molecule has 1 saturated heterocycles. The van der Waals surface area contributed by atoms with Gasteiger partial charge in [0.2, 0.25) is 0 Å². The number of aliphatic hydroxyl groups excluding tert-OH is 1. The topological polar surface area (TPSA) is 49.2 Å². The molecule has 4 nitrogen and oxygen atoms in total. The fourth-order valence-electron chi connectivity index (χ4n) is 3.66. The Morgan fingerprint density at radius 3 is 2.84 bits per heavy atom. The molecule has 3 aromatic rings. The molecule has 0 bridgehead atoms. The Balaban J connectivity index is 1.61. The lowest BCUT2D eigenvalue weighted by Gasteiger charge is -2.27. The molecule has 0 radical (unpaired) electrons. The Kier molecular flexibility index (Phi) is 4.17. The van der Waals surface area contributed by atoms with Gasteiger partial charge >= 0.3 is 0 Å². The normalized spacial score (nSPS) is 20.5. The quantitative estimate of drug-likeness (QED) is 0.775. The third kappa shape index (κ3) is 3.00. The Morgan fingerprint density at radius 1 is 1.28 bits per heavy atom. The maximum Gasteiger partial charge on any atom is 0.150 e. The van der Waals surface area contributed by atoms with Crippen LogP contribution in [-0.2, 0) is 6.42 Å². The molecule has 0 spiro atoms. The molecule has 0 aliphatic carbocycles. The van der Waals surface area contributed by atoms with Gasteiger partial charge in [-0.05, 0) is 48.4 Å². The summed E-state index contributed by atoms with van der Waals surface area (Å²) in [5.74, 6) is 0.726. The smallest absolute Gasteiger partial charge is 0.150 e. The molecule has 2 aromatic heterocycles. The van der Waals surface area contributed by atoms with Crippen molar-refractivity contribution in [3.63, 3.8) is 0 Å². The van der Waals surface area contributed by atoms with Crippen molar-refractivity contribution < 1.29 is 9.50 Å². The minimum Gasteiger partial charge on any atom is -0.396 e. The second-order valence-corrected chi connectivity index (χ2v) is 7.81. The van der Waals surface area contributed by atoms with Gasteiger partial charge in [-0.2, -0.15) is 0 Å².